The molecule has 0 fully saturated rings. The topological polar surface area (TPSA) is 69.7 Å². The van der Waals surface area contributed by atoms with E-state index in [1.54, 1.807) is 0 Å². The summed E-state index contributed by atoms with van der Waals surface area (Å²) in [6.45, 7) is 3.53. The third-order valence-electron chi connectivity index (χ3n) is 1.63. The second kappa shape index (κ2) is 5.39. The highest BCUT2D eigenvalue weighted by atomic mass is 32.2. The summed E-state index contributed by atoms with van der Waals surface area (Å²) in [6.07, 6.45) is 0. The third-order valence-corrected chi connectivity index (χ3v) is 2.66. The van der Waals surface area contributed by atoms with Gasteiger partial charge in [-0.2, -0.15) is 21.6 Å². The number of halogens is 3. The molecule has 0 aromatic rings. The van der Waals surface area contributed by atoms with Gasteiger partial charge in [0, 0.05) is 0 Å². The molecule has 100 valence electrons. The molecule has 0 N–H and O–H groups in total. The van der Waals surface area contributed by atoms with E-state index in [4.69, 9.17) is 0 Å². The summed E-state index contributed by atoms with van der Waals surface area (Å²) in [6, 6.07) is 0. The molecule has 0 amide bonds. The Hall–Kier alpha value is -1.25. The Bertz CT molecular complexity index is 421. The molecule has 0 aromatic heterocycles. The first-order valence-corrected chi connectivity index (χ1v) is 5.79. The van der Waals surface area contributed by atoms with E-state index in [2.05, 4.69) is 8.92 Å². The molecule has 0 spiro atoms. The first-order chi connectivity index (χ1) is 7.53. The number of carbonyl (C=O) groups excluding carboxylic acids is 1. The molecule has 0 radical (unpaired) electrons. The van der Waals surface area contributed by atoms with Crippen molar-refractivity contribution in [2.75, 3.05) is 6.61 Å². The van der Waals surface area contributed by atoms with Crippen molar-refractivity contribution in [3.63, 3.8) is 0 Å². The first-order valence-electron chi connectivity index (χ1n) is 4.38. The first kappa shape index (κ1) is 15.8. The number of allylic oxidation sites excluding steroid dienone is 1. The van der Waals surface area contributed by atoms with Crippen molar-refractivity contribution in [1.29, 1.82) is 0 Å². The summed E-state index contributed by atoms with van der Waals surface area (Å²) in [4.78, 5) is 11.1. The maximum absolute atomic E-state index is 12.0. The quantitative estimate of drug-likeness (QED) is 0.257. The number of carbonyl (C=O) groups is 1. The van der Waals surface area contributed by atoms with Gasteiger partial charge in [-0.25, -0.2) is 4.79 Å². The van der Waals surface area contributed by atoms with Crippen molar-refractivity contribution in [3.8, 4) is 0 Å². The predicted molar refractivity (Wildman–Crippen MR) is 51.1 cm³/mol. The molecule has 17 heavy (non-hydrogen) atoms. The minimum atomic E-state index is -5.76. The summed E-state index contributed by atoms with van der Waals surface area (Å²) >= 11 is 0. The largest absolute Gasteiger partial charge is 0.534 e. The van der Waals surface area contributed by atoms with Crippen molar-refractivity contribution in [1.82, 2.24) is 0 Å². The molecule has 0 bridgehead atoms. The molecule has 0 aromatic carbocycles. The second-order valence-corrected chi connectivity index (χ2v) is 4.42. The minimum absolute atomic E-state index is 0.00940. The van der Waals surface area contributed by atoms with Gasteiger partial charge in [-0.15, -0.1) is 0 Å². The summed E-state index contributed by atoms with van der Waals surface area (Å²) in [5.41, 5.74) is -5.89. The lowest BCUT2D eigenvalue weighted by atomic mass is 10.3. The van der Waals surface area contributed by atoms with Crippen LogP contribution in [0.4, 0.5) is 13.2 Å². The van der Waals surface area contributed by atoms with Crippen molar-refractivity contribution in [3.05, 3.63) is 11.3 Å². The molecule has 0 unspecified atom stereocenters. The van der Waals surface area contributed by atoms with Gasteiger partial charge in [0.2, 0.25) is 0 Å². The van der Waals surface area contributed by atoms with Gasteiger partial charge < -0.3 is 8.92 Å². The number of hydrogen-bond acceptors (Lipinski definition) is 5. The molecule has 0 aliphatic heterocycles. The molecular formula is C8H11F3O5S. The minimum Gasteiger partial charge on any atom is -0.463 e. The van der Waals surface area contributed by atoms with Gasteiger partial charge in [-0.3, -0.25) is 0 Å². The lowest BCUT2D eigenvalue weighted by Crippen LogP contribution is -2.25. The van der Waals surface area contributed by atoms with Crippen LogP contribution in [0.15, 0.2) is 11.3 Å². The maximum Gasteiger partial charge on any atom is 0.534 e. The number of alkyl halides is 3. The van der Waals surface area contributed by atoms with E-state index >= 15 is 0 Å². The van der Waals surface area contributed by atoms with E-state index in [0.29, 0.717) is 0 Å². The number of ether oxygens (including phenoxy) is 1. The highest BCUT2D eigenvalue weighted by Crippen LogP contribution is 2.27. The zero-order chi connectivity index (χ0) is 13.9. The number of esters is 1. The van der Waals surface area contributed by atoms with Crippen LogP contribution in [0.2, 0.25) is 0 Å². The molecule has 0 saturated carbocycles. The standard InChI is InChI=1S/C8H11F3O5S/c1-4-15-7(12)5(2)6(3)16-17(13,14)8(9,10)11/h4H2,1-3H3. The van der Waals surface area contributed by atoms with E-state index in [1.807, 2.05) is 0 Å². The van der Waals surface area contributed by atoms with E-state index < -0.39 is 27.4 Å². The second-order valence-electron chi connectivity index (χ2n) is 2.88. The van der Waals surface area contributed by atoms with Crippen LogP contribution < -0.4 is 0 Å². The molecule has 9 heteroatoms. The van der Waals surface area contributed by atoms with E-state index in [9.17, 15) is 26.4 Å². The molecule has 0 aliphatic rings. The van der Waals surface area contributed by atoms with Crippen molar-refractivity contribution in [2.45, 2.75) is 26.3 Å². The molecule has 0 heterocycles. The Morgan fingerprint density at radius 3 is 2.06 bits per heavy atom. The molecule has 0 rings (SSSR count). The smallest absolute Gasteiger partial charge is 0.463 e. The van der Waals surface area contributed by atoms with Crippen LogP contribution in [0.1, 0.15) is 20.8 Å². The fourth-order valence-corrected chi connectivity index (χ4v) is 1.21. The fraction of sp³-hybridized carbons (Fsp3) is 0.625. The molecular weight excluding hydrogens is 265 g/mol. The van der Waals surface area contributed by atoms with Gasteiger partial charge in [-0.1, -0.05) is 0 Å². The van der Waals surface area contributed by atoms with Crippen LogP contribution in [0.25, 0.3) is 0 Å². The summed E-state index contributed by atoms with van der Waals surface area (Å²) < 4.78 is 65.3. The Balaban J connectivity index is 5.05. The van der Waals surface area contributed by atoms with Crippen molar-refractivity contribution < 1.29 is 35.3 Å². The summed E-state index contributed by atoms with van der Waals surface area (Å²) in [7, 11) is -5.76. The average molecular weight is 276 g/mol. The van der Waals surface area contributed by atoms with Gasteiger partial charge in [0.1, 0.15) is 5.76 Å². The molecule has 0 aliphatic carbocycles. The number of hydrogen-bond donors (Lipinski definition) is 0. The van der Waals surface area contributed by atoms with Gasteiger partial charge in [-0.05, 0) is 20.8 Å². The lowest BCUT2D eigenvalue weighted by molar-refractivity contribution is -0.138. The van der Waals surface area contributed by atoms with Crippen LogP contribution in [0.5, 0.6) is 0 Å². The Kier molecular flexibility index (Phi) is 4.99. The van der Waals surface area contributed by atoms with Crippen LogP contribution in [0.3, 0.4) is 0 Å². The average Bonchev–Trinajstić information content (AvgIpc) is 2.14. The van der Waals surface area contributed by atoms with Crippen LogP contribution in [-0.2, 0) is 23.8 Å². The Labute approximate surface area is 96.3 Å². The Morgan fingerprint density at radius 2 is 1.71 bits per heavy atom. The SMILES string of the molecule is CCOC(=O)C(C)=C(C)OS(=O)(=O)C(F)(F)F. The van der Waals surface area contributed by atoms with Gasteiger partial charge in [0.05, 0.1) is 12.2 Å². The molecule has 5 nitrogen and oxygen atoms in total. The predicted octanol–water partition coefficient (Wildman–Crippen LogP) is 1.71. The highest BCUT2D eigenvalue weighted by molar-refractivity contribution is 7.87. The van der Waals surface area contributed by atoms with Crippen LogP contribution in [-0.4, -0.2) is 26.5 Å². The highest BCUT2D eigenvalue weighted by Gasteiger charge is 2.48. The van der Waals surface area contributed by atoms with E-state index in [0.717, 1.165) is 13.8 Å². The van der Waals surface area contributed by atoms with Crippen molar-refractivity contribution >= 4 is 16.1 Å². The normalized spacial score (nSPS) is 14.0. The van der Waals surface area contributed by atoms with E-state index in [1.165, 1.54) is 6.92 Å². The number of rotatable bonds is 4. The van der Waals surface area contributed by atoms with Crippen LogP contribution >= 0.6 is 0 Å². The van der Waals surface area contributed by atoms with Gasteiger partial charge in [0.25, 0.3) is 0 Å². The Morgan fingerprint density at radius 1 is 1.24 bits per heavy atom. The fourth-order valence-electron chi connectivity index (χ4n) is 0.657. The lowest BCUT2D eigenvalue weighted by Gasteiger charge is -2.11. The van der Waals surface area contributed by atoms with Gasteiger partial charge in [0.15, 0.2) is 0 Å². The molecule has 0 saturated heterocycles. The zero-order valence-electron chi connectivity index (χ0n) is 9.29. The molecule has 0 atom stereocenters. The zero-order valence-corrected chi connectivity index (χ0v) is 10.1. The van der Waals surface area contributed by atoms with Crippen LogP contribution in [0, 0.1) is 0 Å². The van der Waals surface area contributed by atoms with Gasteiger partial charge >= 0.3 is 21.6 Å². The summed E-state index contributed by atoms with van der Waals surface area (Å²) in [5, 5.41) is 0. The maximum atomic E-state index is 12.0. The van der Waals surface area contributed by atoms with Crippen molar-refractivity contribution in [2.24, 2.45) is 0 Å². The monoisotopic (exact) mass is 276 g/mol. The summed E-state index contributed by atoms with van der Waals surface area (Å²) in [5.74, 6) is -1.62. The van der Waals surface area contributed by atoms with E-state index in [-0.39, 0.29) is 12.2 Å². The third kappa shape index (κ3) is 4.25.